The fourth-order valence-electron chi connectivity index (χ4n) is 2.13. The Morgan fingerprint density at radius 3 is 2.67 bits per heavy atom. The first-order chi connectivity index (χ1) is 10.2. The SMILES string of the molecule is CCCN(CCC)C(=O)CCc1nnc(-c2cccs2)o1. The van der Waals surface area contributed by atoms with Crippen LogP contribution in [0.15, 0.2) is 21.9 Å². The Hall–Kier alpha value is -1.69. The monoisotopic (exact) mass is 307 g/mol. The number of carbonyl (C=O) groups excluding carboxylic acids is 1. The van der Waals surface area contributed by atoms with Crippen LogP contribution in [0.5, 0.6) is 0 Å². The Labute approximate surface area is 129 Å². The van der Waals surface area contributed by atoms with Crippen molar-refractivity contribution < 1.29 is 9.21 Å². The number of hydrogen-bond acceptors (Lipinski definition) is 5. The van der Waals surface area contributed by atoms with Gasteiger partial charge in [-0.25, -0.2) is 0 Å². The second-order valence-corrected chi connectivity index (χ2v) is 5.81. The van der Waals surface area contributed by atoms with E-state index in [4.69, 9.17) is 4.42 Å². The zero-order valence-corrected chi connectivity index (χ0v) is 13.4. The third-order valence-corrected chi connectivity index (χ3v) is 3.95. The summed E-state index contributed by atoms with van der Waals surface area (Å²) in [5.74, 6) is 1.22. The highest BCUT2D eigenvalue weighted by molar-refractivity contribution is 7.13. The van der Waals surface area contributed by atoms with Crippen molar-refractivity contribution in [2.24, 2.45) is 0 Å². The molecule has 2 aromatic rings. The van der Waals surface area contributed by atoms with E-state index in [2.05, 4.69) is 24.0 Å². The van der Waals surface area contributed by atoms with Gasteiger partial charge in [0, 0.05) is 25.9 Å². The average molecular weight is 307 g/mol. The molecule has 6 heteroatoms. The van der Waals surface area contributed by atoms with Gasteiger partial charge >= 0.3 is 0 Å². The second kappa shape index (κ2) is 7.93. The summed E-state index contributed by atoms with van der Waals surface area (Å²) in [7, 11) is 0. The molecule has 2 heterocycles. The molecular formula is C15H21N3O2S. The average Bonchev–Trinajstić information content (AvgIpc) is 3.15. The molecule has 0 bridgehead atoms. The highest BCUT2D eigenvalue weighted by atomic mass is 32.1. The van der Waals surface area contributed by atoms with Gasteiger partial charge in [-0.3, -0.25) is 4.79 Å². The van der Waals surface area contributed by atoms with Crippen LogP contribution >= 0.6 is 11.3 Å². The summed E-state index contributed by atoms with van der Waals surface area (Å²) >= 11 is 1.56. The van der Waals surface area contributed by atoms with E-state index in [1.165, 1.54) is 0 Å². The van der Waals surface area contributed by atoms with Gasteiger partial charge in [0.2, 0.25) is 11.8 Å². The Morgan fingerprint density at radius 2 is 2.05 bits per heavy atom. The Morgan fingerprint density at radius 1 is 1.29 bits per heavy atom. The normalized spacial score (nSPS) is 10.8. The quantitative estimate of drug-likeness (QED) is 0.750. The molecule has 114 valence electrons. The highest BCUT2D eigenvalue weighted by Crippen LogP contribution is 2.23. The Bertz CT molecular complexity index is 545. The number of rotatable bonds is 8. The molecule has 0 saturated heterocycles. The third kappa shape index (κ3) is 4.39. The summed E-state index contributed by atoms with van der Waals surface area (Å²) in [5, 5.41) is 10.0. The van der Waals surface area contributed by atoms with Crippen LogP contribution < -0.4 is 0 Å². The maximum atomic E-state index is 12.2. The molecule has 2 aromatic heterocycles. The van der Waals surface area contributed by atoms with Gasteiger partial charge in [0.15, 0.2) is 0 Å². The van der Waals surface area contributed by atoms with Crippen LogP contribution in [-0.4, -0.2) is 34.1 Å². The minimum atomic E-state index is 0.162. The molecule has 0 spiro atoms. The molecule has 2 rings (SSSR count). The molecule has 1 amide bonds. The maximum absolute atomic E-state index is 12.2. The largest absolute Gasteiger partial charge is 0.420 e. The molecule has 0 saturated carbocycles. The fourth-order valence-corrected chi connectivity index (χ4v) is 2.77. The van der Waals surface area contributed by atoms with E-state index in [9.17, 15) is 4.79 Å². The summed E-state index contributed by atoms with van der Waals surface area (Å²) in [4.78, 5) is 15.0. The molecule has 0 aromatic carbocycles. The molecule has 0 aliphatic rings. The summed E-state index contributed by atoms with van der Waals surface area (Å²) in [5.41, 5.74) is 0. The molecule has 5 nitrogen and oxygen atoms in total. The van der Waals surface area contributed by atoms with E-state index in [-0.39, 0.29) is 5.91 Å². The lowest BCUT2D eigenvalue weighted by molar-refractivity contribution is -0.131. The van der Waals surface area contributed by atoms with E-state index >= 15 is 0 Å². The van der Waals surface area contributed by atoms with E-state index in [0.717, 1.165) is 30.8 Å². The van der Waals surface area contributed by atoms with Crippen molar-refractivity contribution in [1.29, 1.82) is 0 Å². The lowest BCUT2D eigenvalue weighted by Crippen LogP contribution is -2.32. The van der Waals surface area contributed by atoms with Gasteiger partial charge in [-0.05, 0) is 24.3 Å². The van der Waals surface area contributed by atoms with Gasteiger partial charge in [0.25, 0.3) is 5.89 Å². The van der Waals surface area contributed by atoms with Gasteiger partial charge in [0.05, 0.1) is 4.88 Å². The first kappa shape index (κ1) is 15.7. The summed E-state index contributed by atoms with van der Waals surface area (Å²) < 4.78 is 5.60. The molecule has 0 atom stereocenters. The van der Waals surface area contributed by atoms with Crippen molar-refractivity contribution in [3.8, 4) is 10.8 Å². The number of aryl methyl sites for hydroxylation is 1. The lowest BCUT2D eigenvalue weighted by atomic mass is 10.2. The molecular weight excluding hydrogens is 286 g/mol. The summed E-state index contributed by atoms with van der Waals surface area (Å²) in [6.45, 7) is 5.80. The smallest absolute Gasteiger partial charge is 0.257 e. The minimum absolute atomic E-state index is 0.162. The number of nitrogens with zero attached hydrogens (tertiary/aromatic N) is 3. The fraction of sp³-hybridized carbons (Fsp3) is 0.533. The summed E-state index contributed by atoms with van der Waals surface area (Å²) in [6.07, 6.45) is 2.89. The van der Waals surface area contributed by atoms with Crippen molar-refractivity contribution >= 4 is 17.2 Å². The van der Waals surface area contributed by atoms with Gasteiger partial charge in [-0.15, -0.1) is 21.5 Å². The van der Waals surface area contributed by atoms with Crippen LogP contribution in [0, 0.1) is 0 Å². The van der Waals surface area contributed by atoms with Gasteiger partial charge < -0.3 is 9.32 Å². The number of amides is 1. The number of thiophene rings is 1. The number of hydrogen-bond donors (Lipinski definition) is 0. The lowest BCUT2D eigenvalue weighted by Gasteiger charge is -2.21. The number of carbonyl (C=O) groups is 1. The first-order valence-corrected chi connectivity index (χ1v) is 8.26. The van der Waals surface area contributed by atoms with Crippen LogP contribution in [0.3, 0.4) is 0 Å². The van der Waals surface area contributed by atoms with Gasteiger partial charge in [-0.2, -0.15) is 0 Å². The van der Waals surface area contributed by atoms with Crippen molar-refractivity contribution in [3.05, 3.63) is 23.4 Å². The predicted octanol–water partition coefficient (Wildman–Crippen LogP) is 3.38. The van der Waals surface area contributed by atoms with Crippen molar-refractivity contribution in [1.82, 2.24) is 15.1 Å². The zero-order valence-electron chi connectivity index (χ0n) is 12.5. The molecule has 21 heavy (non-hydrogen) atoms. The Balaban J connectivity index is 1.89. The minimum Gasteiger partial charge on any atom is -0.420 e. The molecule has 0 N–H and O–H groups in total. The first-order valence-electron chi connectivity index (χ1n) is 7.38. The van der Waals surface area contributed by atoms with E-state index < -0.39 is 0 Å². The summed E-state index contributed by atoms with van der Waals surface area (Å²) in [6, 6.07) is 3.89. The molecule has 0 aliphatic carbocycles. The number of aromatic nitrogens is 2. The Kier molecular flexibility index (Phi) is 5.92. The second-order valence-electron chi connectivity index (χ2n) is 4.86. The van der Waals surface area contributed by atoms with Crippen LogP contribution in [0.4, 0.5) is 0 Å². The van der Waals surface area contributed by atoms with Crippen LogP contribution in [0.1, 0.15) is 39.0 Å². The van der Waals surface area contributed by atoms with E-state index in [1.807, 2.05) is 22.4 Å². The van der Waals surface area contributed by atoms with Gasteiger partial charge in [0.1, 0.15) is 0 Å². The molecule has 0 unspecified atom stereocenters. The van der Waals surface area contributed by atoms with Crippen LogP contribution in [0.2, 0.25) is 0 Å². The maximum Gasteiger partial charge on any atom is 0.257 e. The molecule has 0 radical (unpaired) electrons. The van der Waals surface area contributed by atoms with E-state index in [0.29, 0.717) is 24.6 Å². The molecule has 0 aliphatic heterocycles. The van der Waals surface area contributed by atoms with Crippen LogP contribution in [-0.2, 0) is 11.2 Å². The standard InChI is InChI=1S/C15H21N3O2S/c1-3-9-18(10-4-2)14(19)8-7-13-16-17-15(20-13)12-6-5-11-21-12/h5-6,11H,3-4,7-10H2,1-2H3. The van der Waals surface area contributed by atoms with Crippen molar-refractivity contribution in [2.75, 3.05) is 13.1 Å². The van der Waals surface area contributed by atoms with E-state index in [1.54, 1.807) is 11.3 Å². The van der Waals surface area contributed by atoms with Crippen molar-refractivity contribution in [2.45, 2.75) is 39.5 Å². The van der Waals surface area contributed by atoms with Gasteiger partial charge in [-0.1, -0.05) is 19.9 Å². The van der Waals surface area contributed by atoms with Crippen molar-refractivity contribution in [3.63, 3.8) is 0 Å². The highest BCUT2D eigenvalue weighted by Gasteiger charge is 2.14. The zero-order chi connectivity index (χ0) is 15.1. The molecule has 0 fully saturated rings. The third-order valence-electron chi connectivity index (χ3n) is 3.09. The van der Waals surface area contributed by atoms with Crippen LogP contribution in [0.25, 0.3) is 10.8 Å². The topological polar surface area (TPSA) is 59.2 Å². The predicted molar refractivity (Wildman–Crippen MR) is 83.1 cm³/mol.